The van der Waals surface area contributed by atoms with Crippen LogP contribution in [0.15, 0.2) is 48.5 Å². The first kappa shape index (κ1) is 25.4. The van der Waals surface area contributed by atoms with Gasteiger partial charge in [-0.1, -0.05) is 41.9 Å². The molecule has 194 valence electrons. The number of benzene rings is 3. The fraction of sp³-hybridized carbons (Fsp3) is 0.296. The number of carbonyl (C=O) groups excluding carboxylic acids is 1. The first-order chi connectivity index (χ1) is 17.7. The maximum atomic E-state index is 15.6. The zero-order valence-electron chi connectivity index (χ0n) is 19.5. The number of alkyl halides is 2. The lowest BCUT2D eigenvalue weighted by Crippen LogP contribution is -2.42. The van der Waals surface area contributed by atoms with Gasteiger partial charge in [-0.2, -0.15) is 8.78 Å². The SMILES string of the molecule is NC(=O)c1ccc(OC(F)F)c(F)c1-c1c(Cl)c(F)cc2c1CC(CNCC1CC1)(c1ccccc1)O2. The molecule has 0 radical (unpaired) electrons. The number of hydrogen-bond donors (Lipinski definition) is 2. The molecule has 5 nitrogen and oxygen atoms in total. The Bertz CT molecular complexity index is 1350. The van der Waals surface area contributed by atoms with Gasteiger partial charge < -0.3 is 20.5 Å². The topological polar surface area (TPSA) is 73.6 Å². The highest BCUT2D eigenvalue weighted by molar-refractivity contribution is 6.34. The van der Waals surface area contributed by atoms with E-state index in [-0.39, 0.29) is 23.3 Å². The molecule has 0 bridgehead atoms. The van der Waals surface area contributed by atoms with Crippen molar-refractivity contribution in [1.82, 2.24) is 5.32 Å². The average molecular weight is 535 g/mol. The lowest BCUT2D eigenvalue weighted by atomic mass is 9.85. The number of hydrogen-bond acceptors (Lipinski definition) is 4. The average Bonchev–Trinajstić information content (AvgIpc) is 3.61. The van der Waals surface area contributed by atoms with Crippen LogP contribution in [0.4, 0.5) is 17.6 Å². The molecule has 1 saturated carbocycles. The summed E-state index contributed by atoms with van der Waals surface area (Å²) in [7, 11) is 0. The van der Waals surface area contributed by atoms with E-state index in [2.05, 4.69) is 10.1 Å². The van der Waals surface area contributed by atoms with Gasteiger partial charge >= 0.3 is 6.61 Å². The molecule has 3 aromatic rings. The molecule has 0 aromatic heterocycles. The molecular formula is C27H23ClF4N2O3. The number of nitrogens with two attached hydrogens (primary N) is 1. The normalized spacial score (nSPS) is 18.5. The summed E-state index contributed by atoms with van der Waals surface area (Å²) in [6.45, 7) is -2.19. The molecule has 1 unspecified atom stereocenters. The summed E-state index contributed by atoms with van der Waals surface area (Å²) in [4.78, 5) is 12.2. The Morgan fingerprint density at radius 1 is 1.16 bits per heavy atom. The number of nitrogens with one attached hydrogen (secondary N) is 1. The van der Waals surface area contributed by atoms with Gasteiger partial charge in [0.25, 0.3) is 0 Å². The van der Waals surface area contributed by atoms with Gasteiger partial charge in [0.05, 0.1) is 10.6 Å². The van der Waals surface area contributed by atoms with Crippen LogP contribution in [-0.4, -0.2) is 25.6 Å². The van der Waals surface area contributed by atoms with E-state index >= 15 is 8.78 Å². The van der Waals surface area contributed by atoms with E-state index in [1.807, 2.05) is 30.3 Å². The molecule has 1 amide bonds. The quantitative estimate of drug-likeness (QED) is 0.340. The number of rotatable bonds is 9. The number of primary amides is 1. The van der Waals surface area contributed by atoms with Crippen molar-refractivity contribution in [2.45, 2.75) is 31.5 Å². The fourth-order valence-corrected chi connectivity index (χ4v) is 5.06. The minimum absolute atomic E-state index is 0.101. The van der Waals surface area contributed by atoms with Crippen molar-refractivity contribution in [2.75, 3.05) is 13.1 Å². The minimum atomic E-state index is -3.33. The van der Waals surface area contributed by atoms with E-state index in [0.717, 1.165) is 43.1 Å². The molecule has 1 atom stereocenters. The summed E-state index contributed by atoms with van der Waals surface area (Å²) in [6.07, 6.45) is 2.42. The molecule has 0 saturated heterocycles. The standard InChI is InChI=1S/C27H23ClF4N2O3/c28-23-18(29)10-20-17(21(23)22-16(25(33)35)8-9-19(24(22)30)36-26(31)32)11-27(37-20,13-34-12-14-6-7-14)15-4-2-1-3-5-15/h1-5,8-10,14,26,34H,6-7,11-13H2,(H2,33,35). The molecule has 0 spiro atoms. The maximum absolute atomic E-state index is 15.6. The number of ether oxygens (including phenoxy) is 2. The van der Waals surface area contributed by atoms with Gasteiger partial charge in [-0.15, -0.1) is 0 Å². The second-order valence-corrected chi connectivity index (χ2v) is 9.66. The van der Waals surface area contributed by atoms with Gasteiger partial charge in [-0.25, -0.2) is 8.78 Å². The van der Waals surface area contributed by atoms with Crippen LogP contribution >= 0.6 is 11.6 Å². The highest BCUT2D eigenvalue weighted by atomic mass is 35.5. The van der Waals surface area contributed by atoms with Crippen molar-refractivity contribution < 1.29 is 31.8 Å². The molecule has 5 rings (SSSR count). The molecule has 1 heterocycles. The Kier molecular flexibility index (Phi) is 6.76. The third-order valence-electron chi connectivity index (χ3n) is 6.73. The fourth-order valence-electron chi connectivity index (χ4n) is 4.80. The summed E-state index contributed by atoms with van der Waals surface area (Å²) in [5.41, 5.74) is 4.52. The third kappa shape index (κ3) is 4.85. The molecule has 2 aliphatic rings. The number of halogens is 5. The summed E-state index contributed by atoms with van der Waals surface area (Å²) in [6, 6.07) is 12.3. The Hall–Kier alpha value is -3.30. The first-order valence-electron chi connectivity index (χ1n) is 11.7. The third-order valence-corrected chi connectivity index (χ3v) is 7.10. The predicted molar refractivity (Wildman–Crippen MR) is 130 cm³/mol. The van der Waals surface area contributed by atoms with Crippen LogP contribution in [-0.2, 0) is 12.0 Å². The summed E-state index contributed by atoms with van der Waals surface area (Å²) < 4.78 is 67.2. The predicted octanol–water partition coefficient (Wildman–Crippen LogP) is 5.82. The molecule has 37 heavy (non-hydrogen) atoms. The highest BCUT2D eigenvalue weighted by Gasteiger charge is 2.44. The van der Waals surface area contributed by atoms with Crippen LogP contribution in [0.3, 0.4) is 0 Å². The minimum Gasteiger partial charge on any atom is -0.480 e. The summed E-state index contributed by atoms with van der Waals surface area (Å²) >= 11 is 6.36. The molecule has 3 N–H and O–H groups in total. The van der Waals surface area contributed by atoms with E-state index in [9.17, 15) is 13.6 Å². The van der Waals surface area contributed by atoms with Gasteiger partial charge in [0.15, 0.2) is 17.2 Å². The maximum Gasteiger partial charge on any atom is 0.387 e. The van der Waals surface area contributed by atoms with Gasteiger partial charge in [-0.05, 0) is 43.0 Å². The first-order valence-corrected chi connectivity index (χ1v) is 12.1. The van der Waals surface area contributed by atoms with Crippen molar-refractivity contribution in [2.24, 2.45) is 11.7 Å². The van der Waals surface area contributed by atoms with E-state index in [0.29, 0.717) is 18.0 Å². The van der Waals surface area contributed by atoms with Crippen LogP contribution < -0.4 is 20.5 Å². The van der Waals surface area contributed by atoms with Crippen molar-refractivity contribution in [1.29, 1.82) is 0 Å². The van der Waals surface area contributed by atoms with Gasteiger partial charge in [-0.3, -0.25) is 4.79 Å². The van der Waals surface area contributed by atoms with Gasteiger partial charge in [0.2, 0.25) is 5.91 Å². The van der Waals surface area contributed by atoms with Crippen molar-refractivity contribution >= 4 is 17.5 Å². The van der Waals surface area contributed by atoms with Gasteiger partial charge in [0.1, 0.15) is 11.6 Å². The molecule has 10 heteroatoms. The number of fused-ring (bicyclic) bond motifs is 1. The Morgan fingerprint density at radius 3 is 2.54 bits per heavy atom. The van der Waals surface area contributed by atoms with Crippen molar-refractivity contribution in [3.05, 3.63) is 81.9 Å². The van der Waals surface area contributed by atoms with Crippen LogP contribution in [0.5, 0.6) is 11.5 Å². The summed E-state index contributed by atoms with van der Waals surface area (Å²) in [5, 5.41) is 2.93. The highest BCUT2D eigenvalue weighted by Crippen LogP contribution is 2.50. The monoisotopic (exact) mass is 534 g/mol. The van der Waals surface area contributed by atoms with Gasteiger partial charge in [0, 0.05) is 35.7 Å². The van der Waals surface area contributed by atoms with E-state index < -0.39 is 46.1 Å². The van der Waals surface area contributed by atoms with E-state index in [1.54, 1.807) is 0 Å². The van der Waals surface area contributed by atoms with Crippen molar-refractivity contribution in [3.8, 4) is 22.6 Å². The van der Waals surface area contributed by atoms with Crippen LogP contribution in [0.1, 0.15) is 34.3 Å². The zero-order chi connectivity index (χ0) is 26.3. The molecule has 1 fully saturated rings. The van der Waals surface area contributed by atoms with Crippen LogP contribution in [0.25, 0.3) is 11.1 Å². The van der Waals surface area contributed by atoms with Crippen molar-refractivity contribution in [3.63, 3.8) is 0 Å². The lowest BCUT2D eigenvalue weighted by Gasteiger charge is -2.30. The molecular weight excluding hydrogens is 512 g/mol. The Morgan fingerprint density at radius 2 is 1.89 bits per heavy atom. The summed E-state index contributed by atoms with van der Waals surface area (Å²) in [5.74, 6) is -3.43. The Balaban J connectivity index is 1.67. The number of amides is 1. The lowest BCUT2D eigenvalue weighted by molar-refractivity contribution is -0.0521. The molecule has 3 aromatic carbocycles. The van der Waals surface area contributed by atoms with E-state index in [4.69, 9.17) is 22.1 Å². The van der Waals surface area contributed by atoms with Crippen LogP contribution in [0.2, 0.25) is 5.02 Å². The number of carbonyl (C=O) groups is 1. The zero-order valence-corrected chi connectivity index (χ0v) is 20.3. The molecule has 1 aliphatic heterocycles. The Labute approximate surface area is 215 Å². The second kappa shape index (κ2) is 9.87. The molecule has 1 aliphatic carbocycles. The van der Waals surface area contributed by atoms with E-state index in [1.165, 1.54) is 0 Å². The second-order valence-electron chi connectivity index (χ2n) is 9.28. The largest absolute Gasteiger partial charge is 0.480 e. The smallest absolute Gasteiger partial charge is 0.387 e. The van der Waals surface area contributed by atoms with Crippen LogP contribution in [0, 0.1) is 17.6 Å².